The molecule has 1 atom stereocenters. The van der Waals surface area contributed by atoms with Crippen molar-refractivity contribution < 1.29 is 9.84 Å². The van der Waals surface area contributed by atoms with Gasteiger partial charge < -0.3 is 21.3 Å². The number of phenolic OH excluding ortho intramolecular Hbond substituents is 1. The van der Waals surface area contributed by atoms with Gasteiger partial charge in [0.15, 0.2) is 11.5 Å². The molecule has 0 spiro atoms. The summed E-state index contributed by atoms with van der Waals surface area (Å²) in [4.78, 5) is 0. The lowest BCUT2D eigenvalue weighted by Crippen LogP contribution is -2.12. The van der Waals surface area contributed by atoms with E-state index in [0.717, 1.165) is 18.4 Å². The van der Waals surface area contributed by atoms with E-state index in [-0.39, 0.29) is 29.2 Å². The minimum atomic E-state index is -0.143. The van der Waals surface area contributed by atoms with Crippen LogP contribution in [0.5, 0.6) is 11.5 Å². The van der Waals surface area contributed by atoms with Gasteiger partial charge in [-0.25, -0.2) is 0 Å². The SMILES string of the molecule is COc1cc([C@@H](N)CCCN)cc(Cl)c1O.Cl. The first-order valence-electron chi connectivity index (χ1n) is 5.12. The summed E-state index contributed by atoms with van der Waals surface area (Å²) in [5, 5.41) is 9.81. The Hall–Kier alpha value is -0.680. The number of nitrogens with two attached hydrogens (primary N) is 2. The lowest BCUT2D eigenvalue weighted by molar-refractivity contribution is 0.372. The molecular weight excluding hydrogens is 263 g/mol. The highest BCUT2D eigenvalue weighted by molar-refractivity contribution is 6.32. The molecule has 0 aliphatic rings. The molecule has 6 heteroatoms. The van der Waals surface area contributed by atoms with E-state index in [1.54, 1.807) is 12.1 Å². The van der Waals surface area contributed by atoms with E-state index < -0.39 is 0 Å². The number of aromatic hydroxyl groups is 1. The maximum Gasteiger partial charge on any atom is 0.176 e. The molecule has 0 aliphatic heterocycles. The smallest absolute Gasteiger partial charge is 0.176 e. The Morgan fingerprint density at radius 3 is 2.65 bits per heavy atom. The molecule has 0 heterocycles. The molecule has 0 aliphatic carbocycles. The Morgan fingerprint density at radius 1 is 1.47 bits per heavy atom. The summed E-state index contributed by atoms with van der Waals surface area (Å²) < 4.78 is 5.01. The molecule has 1 aromatic carbocycles. The average molecular weight is 281 g/mol. The molecule has 0 unspecified atom stereocenters. The monoisotopic (exact) mass is 280 g/mol. The highest BCUT2D eigenvalue weighted by Crippen LogP contribution is 2.36. The maximum absolute atomic E-state index is 9.56. The van der Waals surface area contributed by atoms with Gasteiger partial charge in [0.2, 0.25) is 0 Å². The van der Waals surface area contributed by atoms with E-state index in [0.29, 0.717) is 12.3 Å². The Balaban J connectivity index is 0.00000256. The summed E-state index contributed by atoms with van der Waals surface area (Å²) in [5.74, 6) is 0.282. The maximum atomic E-state index is 9.56. The minimum Gasteiger partial charge on any atom is -0.503 e. The van der Waals surface area contributed by atoms with Crippen LogP contribution in [-0.2, 0) is 0 Å². The number of halogens is 2. The first-order chi connectivity index (χ1) is 7.60. The summed E-state index contributed by atoms with van der Waals surface area (Å²) in [6, 6.07) is 3.21. The molecule has 0 fully saturated rings. The van der Waals surface area contributed by atoms with Gasteiger partial charge in [-0.05, 0) is 37.1 Å². The second-order valence-electron chi connectivity index (χ2n) is 3.59. The number of hydrogen-bond acceptors (Lipinski definition) is 4. The van der Waals surface area contributed by atoms with Gasteiger partial charge in [0.05, 0.1) is 12.1 Å². The lowest BCUT2D eigenvalue weighted by atomic mass is 10.0. The van der Waals surface area contributed by atoms with Gasteiger partial charge in [0.25, 0.3) is 0 Å². The van der Waals surface area contributed by atoms with Gasteiger partial charge in [-0.3, -0.25) is 0 Å². The summed E-state index contributed by atoms with van der Waals surface area (Å²) in [7, 11) is 1.47. The van der Waals surface area contributed by atoms with Gasteiger partial charge in [-0.1, -0.05) is 11.6 Å². The van der Waals surface area contributed by atoms with Gasteiger partial charge in [-0.15, -0.1) is 12.4 Å². The van der Waals surface area contributed by atoms with Crippen LogP contribution < -0.4 is 16.2 Å². The van der Waals surface area contributed by atoms with Crippen LogP contribution in [0.1, 0.15) is 24.4 Å². The van der Waals surface area contributed by atoms with Crippen molar-refractivity contribution in [1.82, 2.24) is 0 Å². The van der Waals surface area contributed by atoms with Crippen LogP contribution in [0.2, 0.25) is 5.02 Å². The number of methoxy groups -OCH3 is 1. The fraction of sp³-hybridized carbons (Fsp3) is 0.455. The normalized spacial score (nSPS) is 11.8. The second kappa shape index (κ2) is 7.61. The van der Waals surface area contributed by atoms with Crippen LogP contribution >= 0.6 is 24.0 Å². The molecular formula is C11H18Cl2N2O2. The molecule has 0 saturated heterocycles. The first-order valence-corrected chi connectivity index (χ1v) is 5.50. The third-order valence-electron chi connectivity index (χ3n) is 2.42. The predicted octanol–water partition coefficient (Wildman–Crippen LogP) is 2.21. The Kier molecular flexibility index (Phi) is 7.30. The molecule has 5 N–H and O–H groups in total. The third kappa shape index (κ3) is 4.24. The van der Waals surface area contributed by atoms with Crippen LogP contribution in [0.25, 0.3) is 0 Å². The quantitative estimate of drug-likeness (QED) is 0.773. The van der Waals surface area contributed by atoms with Crippen LogP contribution in [0.15, 0.2) is 12.1 Å². The van der Waals surface area contributed by atoms with Crippen molar-refractivity contribution in [3.8, 4) is 11.5 Å². The van der Waals surface area contributed by atoms with Crippen LogP contribution in [0, 0.1) is 0 Å². The summed E-state index contributed by atoms with van der Waals surface area (Å²) in [6.45, 7) is 0.608. The average Bonchev–Trinajstić information content (AvgIpc) is 2.29. The van der Waals surface area contributed by atoms with E-state index in [1.807, 2.05) is 0 Å². The molecule has 4 nitrogen and oxygen atoms in total. The standard InChI is InChI=1S/C11H17ClN2O2.ClH/c1-16-10-6-7(5-8(12)11(10)15)9(14)3-2-4-13;/h5-6,9,15H,2-4,13-14H2,1H3;1H/t9-;/m0./s1. The third-order valence-corrected chi connectivity index (χ3v) is 2.71. The molecule has 0 radical (unpaired) electrons. The van der Waals surface area contributed by atoms with Crippen molar-refractivity contribution in [2.24, 2.45) is 11.5 Å². The Morgan fingerprint density at radius 2 is 2.12 bits per heavy atom. The van der Waals surface area contributed by atoms with E-state index in [4.69, 9.17) is 27.8 Å². The highest BCUT2D eigenvalue weighted by atomic mass is 35.5. The van der Waals surface area contributed by atoms with E-state index in [1.165, 1.54) is 7.11 Å². The molecule has 1 aromatic rings. The topological polar surface area (TPSA) is 81.5 Å². The fourth-order valence-electron chi connectivity index (χ4n) is 1.47. The minimum absolute atomic E-state index is 0. The van der Waals surface area contributed by atoms with Gasteiger partial charge in [0, 0.05) is 6.04 Å². The molecule has 0 saturated carbocycles. The van der Waals surface area contributed by atoms with Crippen molar-refractivity contribution in [3.63, 3.8) is 0 Å². The summed E-state index contributed by atoms with van der Waals surface area (Å²) >= 11 is 5.87. The molecule has 17 heavy (non-hydrogen) atoms. The largest absolute Gasteiger partial charge is 0.503 e. The Labute approximate surface area is 112 Å². The van der Waals surface area contributed by atoms with Gasteiger partial charge >= 0.3 is 0 Å². The summed E-state index contributed by atoms with van der Waals surface area (Å²) in [5.41, 5.74) is 12.2. The zero-order valence-corrected chi connectivity index (χ0v) is 11.2. The molecule has 0 amide bonds. The number of benzene rings is 1. The highest BCUT2D eigenvalue weighted by Gasteiger charge is 2.13. The van der Waals surface area contributed by atoms with E-state index in [2.05, 4.69) is 0 Å². The van der Waals surface area contributed by atoms with Crippen molar-refractivity contribution in [3.05, 3.63) is 22.7 Å². The number of rotatable bonds is 5. The second-order valence-corrected chi connectivity index (χ2v) is 4.00. The predicted molar refractivity (Wildman–Crippen MR) is 72.1 cm³/mol. The zero-order chi connectivity index (χ0) is 12.1. The number of phenols is 1. The van der Waals surface area contributed by atoms with Crippen molar-refractivity contribution in [1.29, 1.82) is 0 Å². The molecule has 1 rings (SSSR count). The van der Waals surface area contributed by atoms with Crippen molar-refractivity contribution in [2.45, 2.75) is 18.9 Å². The van der Waals surface area contributed by atoms with Gasteiger partial charge in [0.1, 0.15) is 0 Å². The van der Waals surface area contributed by atoms with E-state index >= 15 is 0 Å². The van der Waals surface area contributed by atoms with Crippen LogP contribution in [-0.4, -0.2) is 18.8 Å². The fourth-order valence-corrected chi connectivity index (χ4v) is 1.69. The molecule has 98 valence electrons. The molecule has 0 aromatic heterocycles. The first kappa shape index (κ1) is 16.3. The van der Waals surface area contributed by atoms with E-state index in [9.17, 15) is 5.11 Å². The number of ether oxygens (including phenoxy) is 1. The lowest BCUT2D eigenvalue weighted by Gasteiger charge is -2.14. The van der Waals surface area contributed by atoms with Crippen molar-refractivity contribution in [2.75, 3.05) is 13.7 Å². The Bertz CT molecular complexity index is 362. The van der Waals surface area contributed by atoms with Gasteiger partial charge in [-0.2, -0.15) is 0 Å². The van der Waals surface area contributed by atoms with Crippen LogP contribution in [0.3, 0.4) is 0 Å². The zero-order valence-electron chi connectivity index (χ0n) is 9.65. The molecule has 0 bridgehead atoms. The number of hydrogen-bond donors (Lipinski definition) is 3. The van der Waals surface area contributed by atoms with Crippen molar-refractivity contribution >= 4 is 24.0 Å². The van der Waals surface area contributed by atoms with Crippen LogP contribution in [0.4, 0.5) is 0 Å². The summed E-state index contributed by atoms with van der Waals surface area (Å²) in [6.07, 6.45) is 1.63.